The number of hydrogen-bond acceptors (Lipinski definition) is 6. The van der Waals surface area contributed by atoms with Crippen LogP contribution in [0.3, 0.4) is 0 Å². The zero-order chi connectivity index (χ0) is 47.0. The van der Waals surface area contributed by atoms with E-state index in [2.05, 4.69) is 49.3 Å². The summed E-state index contributed by atoms with van der Waals surface area (Å²) < 4.78 is 18.0. The number of benzene rings is 6. The van der Waals surface area contributed by atoms with E-state index < -0.39 is 29.0 Å². The van der Waals surface area contributed by atoms with Crippen LogP contribution >= 0.6 is 55.1 Å². The largest absolute Gasteiger partial charge is 0.444 e. The molecule has 0 aliphatic carbocycles. The third-order valence-corrected chi connectivity index (χ3v) is 11.7. The van der Waals surface area contributed by atoms with E-state index in [-0.39, 0.29) is 12.0 Å². The van der Waals surface area contributed by atoms with Crippen molar-refractivity contribution in [2.45, 2.75) is 85.0 Å². The molecule has 0 radical (unpaired) electrons. The lowest BCUT2D eigenvalue weighted by Crippen LogP contribution is -2.37. The van der Waals surface area contributed by atoms with Crippen molar-refractivity contribution in [2.24, 2.45) is 0 Å². The first-order valence-corrected chi connectivity index (χ1v) is 23.3. The van der Waals surface area contributed by atoms with Crippen molar-refractivity contribution in [3.63, 3.8) is 0 Å². The van der Waals surface area contributed by atoms with Gasteiger partial charge in [-0.05, 0) is 150 Å². The quantitative estimate of drug-likeness (QED) is 0.136. The highest BCUT2D eigenvalue weighted by Crippen LogP contribution is 2.42. The number of alkyl halides is 1. The van der Waals surface area contributed by atoms with Crippen molar-refractivity contribution >= 4 is 123 Å². The molecule has 1 aliphatic rings. The summed E-state index contributed by atoms with van der Waals surface area (Å²) in [6, 6.07) is 35.9. The second-order valence-corrected chi connectivity index (χ2v) is 20.2. The van der Waals surface area contributed by atoms with Gasteiger partial charge in [-0.1, -0.05) is 109 Å². The van der Waals surface area contributed by atoms with E-state index in [0.717, 1.165) is 52.8 Å². The highest BCUT2D eigenvalue weighted by atomic mass is 79.9. The van der Waals surface area contributed by atoms with Gasteiger partial charge in [0.25, 0.3) is 0 Å². The molecule has 6 aromatic carbocycles. The lowest BCUT2D eigenvalue weighted by Gasteiger charge is -2.27. The van der Waals surface area contributed by atoms with Gasteiger partial charge < -0.3 is 14.2 Å². The average molecular weight is 1040 g/mol. The van der Waals surface area contributed by atoms with Gasteiger partial charge in [-0.15, -0.1) is 11.6 Å². The minimum absolute atomic E-state index is 0.135. The molecule has 13 heteroatoms. The van der Waals surface area contributed by atoms with Gasteiger partial charge in [0.15, 0.2) is 0 Å². The van der Waals surface area contributed by atoms with Gasteiger partial charge >= 0.3 is 18.3 Å². The van der Waals surface area contributed by atoms with Crippen molar-refractivity contribution in [3.8, 4) is 0 Å². The number of halogens is 4. The summed E-state index contributed by atoms with van der Waals surface area (Å²) in [6.07, 6.45) is 0.524. The van der Waals surface area contributed by atoms with Gasteiger partial charge in [-0.25, -0.2) is 14.4 Å². The summed E-state index contributed by atoms with van der Waals surface area (Å²) in [4.78, 5) is 40.1. The summed E-state index contributed by atoms with van der Waals surface area (Å²) in [7, 11) is 0. The molecule has 0 saturated heterocycles. The number of nitrogens with one attached hydrogen (secondary N) is 1. The zero-order valence-corrected chi connectivity index (χ0v) is 42.3. The smallest absolute Gasteiger partial charge is 0.415 e. The van der Waals surface area contributed by atoms with Gasteiger partial charge in [0.2, 0.25) is 0 Å². The fourth-order valence-corrected chi connectivity index (χ4v) is 8.51. The first-order chi connectivity index (χ1) is 30.1. The molecular formula is C51H55Br2Cl2N3O6. The molecule has 338 valence electrons. The van der Waals surface area contributed by atoms with Gasteiger partial charge in [-0.2, -0.15) is 0 Å². The Kier molecular flexibility index (Phi) is 16.8. The van der Waals surface area contributed by atoms with E-state index in [4.69, 9.17) is 37.4 Å². The average Bonchev–Trinajstić information content (AvgIpc) is 3.61. The summed E-state index contributed by atoms with van der Waals surface area (Å²) in [5.74, 6) is 0.621. The summed E-state index contributed by atoms with van der Waals surface area (Å²) in [5.41, 5.74) is 3.33. The van der Waals surface area contributed by atoms with E-state index in [1.54, 1.807) is 15.9 Å². The van der Waals surface area contributed by atoms with Gasteiger partial charge in [0, 0.05) is 39.4 Å². The van der Waals surface area contributed by atoms with Crippen molar-refractivity contribution in [2.75, 3.05) is 34.1 Å². The number of hydrogen-bond donors (Lipinski definition) is 1. The van der Waals surface area contributed by atoms with Crippen LogP contribution in [0.2, 0.25) is 0 Å². The SMILES string of the molecule is CC(C)(C)OC(=O)N(CC=CCl)c1ccc2ccccc2c1Br.CC(C)(C)OC(=O)N1CC(CCl)c2c1ccc1ccccc21.CC(C)(C)OC(=O)Nc1ccc2ccccc2c1Br. The molecule has 64 heavy (non-hydrogen) atoms. The van der Waals surface area contributed by atoms with Crippen LogP contribution in [0.25, 0.3) is 32.3 Å². The molecule has 3 amide bonds. The number of amides is 3. The Balaban J connectivity index is 0.000000181. The maximum atomic E-state index is 12.6. The molecule has 1 atom stereocenters. The van der Waals surface area contributed by atoms with E-state index >= 15 is 0 Å². The highest BCUT2D eigenvalue weighted by molar-refractivity contribution is 9.11. The topological polar surface area (TPSA) is 97.4 Å². The molecule has 0 saturated carbocycles. The van der Waals surface area contributed by atoms with Crippen molar-refractivity contribution in [1.82, 2.24) is 0 Å². The second-order valence-electron chi connectivity index (χ2n) is 18.0. The first kappa shape index (κ1) is 50.2. The lowest BCUT2D eigenvalue weighted by molar-refractivity contribution is 0.0572. The number of carbonyl (C=O) groups is 3. The summed E-state index contributed by atoms with van der Waals surface area (Å²) in [5, 5.41) is 9.38. The Morgan fingerprint density at radius 1 is 0.688 bits per heavy atom. The molecule has 0 aromatic heterocycles. The fraction of sp³-hybridized carbons (Fsp3) is 0.314. The number of fused-ring (bicyclic) bond motifs is 5. The zero-order valence-electron chi connectivity index (χ0n) is 37.6. The fourth-order valence-electron chi connectivity index (χ4n) is 6.88. The number of rotatable bonds is 5. The van der Waals surface area contributed by atoms with Crippen LogP contribution in [0.1, 0.15) is 73.8 Å². The molecule has 1 unspecified atom stereocenters. The van der Waals surface area contributed by atoms with Crippen molar-refractivity contribution in [3.05, 3.63) is 135 Å². The Labute approximate surface area is 403 Å². The monoisotopic (exact) mass is 1030 g/mol. The molecule has 0 fully saturated rings. The minimum Gasteiger partial charge on any atom is -0.444 e. The molecule has 1 heterocycles. The highest BCUT2D eigenvalue weighted by Gasteiger charge is 2.35. The summed E-state index contributed by atoms with van der Waals surface area (Å²) >= 11 is 18.9. The Hall–Kier alpha value is -4.81. The number of carbonyl (C=O) groups excluding carboxylic acids is 3. The standard InChI is InChI=1S/C18H19BrClNO2.C18H20ClNO2.C15H16BrNO2/c1-18(2,3)23-17(22)21(12-6-11-20)15-10-9-13-7-4-5-8-14(13)16(15)19;1-18(2,3)22-17(21)20-11-13(10-19)16-14-7-5-4-6-12(14)8-9-15(16)20;1-15(2,3)19-14(18)17-12-9-8-10-6-4-5-7-11(10)13(12)16/h4-11H,12H2,1-3H3;4-9,13H,10-11H2,1-3H3;4-9H,1-3H3,(H,17,18). The normalized spacial score (nSPS) is 13.7. The van der Waals surface area contributed by atoms with E-state index in [1.807, 2.05) is 159 Å². The third-order valence-electron chi connectivity index (χ3n) is 9.47. The van der Waals surface area contributed by atoms with Crippen molar-refractivity contribution in [1.29, 1.82) is 0 Å². The molecule has 9 nitrogen and oxygen atoms in total. The second kappa shape index (κ2) is 21.5. The van der Waals surface area contributed by atoms with Gasteiger partial charge in [-0.3, -0.25) is 15.1 Å². The third kappa shape index (κ3) is 13.4. The maximum Gasteiger partial charge on any atom is 0.415 e. The molecule has 0 spiro atoms. The van der Waals surface area contributed by atoms with Crippen LogP contribution in [0, 0.1) is 0 Å². The van der Waals surface area contributed by atoms with Gasteiger partial charge in [0.1, 0.15) is 16.8 Å². The van der Waals surface area contributed by atoms with Gasteiger partial charge in [0.05, 0.1) is 17.1 Å². The van der Waals surface area contributed by atoms with Crippen LogP contribution in [0.15, 0.2) is 130 Å². The molecule has 1 aliphatic heterocycles. The predicted octanol–water partition coefficient (Wildman–Crippen LogP) is 16.0. The summed E-state index contributed by atoms with van der Waals surface area (Å²) in [6.45, 7) is 17.6. The number of anilines is 3. The Bertz CT molecular complexity index is 2650. The first-order valence-electron chi connectivity index (χ1n) is 20.8. The molecular weight excluding hydrogens is 981 g/mol. The number of ether oxygens (including phenoxy) is 3. The van der Waals surface area contributed by atoms with Crippen LogP contribution < -0.4 is 15.1 Å². The Morgan fingerprint density at radius 2 is 1.19 bits per heavy atom. The van der Waals surface area contributed by atoms with E-state index in [0.29, 0.717) is 24.7 Å². The number of nitrogens with zero attached hydrogens (tertiary/aromatic N) is 2. The van der Waals surface area contributed by atoms with Crippen LogP contribution in [-0.2, 0) is 14.2 Å². The van der Waals surface area contributed by atoms with Crippen molar-refractivity contribution < 1.29 is 28.6 Å². The van der Waals surface area contributed by atoms with E-state index in [9.17, 15) is 14.4 Å². The Morgan fingerprint density at radius 3 is 1.73 bits per heavy atom. The van der Waals surface area contributed by atoms with Crippen LogP contribution in [-0.4, -0.2) is 54.1 Å². The van der Waals surface area contributed by atoms with Crippen LogP contribution in [0.4, 0.5) is 31.4 Å². The minimum atomic E-state index is -0.566. The lowest BCUT2D eigenvalue weighted by atomic mass is 9.96. The molecule has 6 aromatic rings. The molecule has 1 N–H and O–H groups in total. The maximum absolute atomic E-state index is 12.6. The predicted molar refractivity (Wildman–Crippen MR) is 273 cm³/mol. The van der Waals surface area contributed by atoms with Crippen LogP contribution in [0.5, 0.6) is 0 Å². The molecule has 0 bridgehead atoms. The molecule has 7 rings (SSSR count). The van der Waals surface area contributed by atoms with E-state index in [1.165, 1.54) is 10.9 Å².